The summed E-state index contributed by atoms with van der Waals surface area (Å²) in [5.41, 5.74) is 3.21. The standard InChI is InChI=1S/C26H27ClF2N2O3S/c1-19-3-2-4-20(13-19)18-34-26(21-5-7-22(27)8-6-21)17-30-9-11-31(12-10-30)35(32,33)25-15-23(28)14-24(29)16-25/h2-8,13-16,26H,9-12,17-18H2,1H3. The summed E-state index contributed by atoms with van der Waals surface area (Å²) in [7, 11) is -3.99. The minimum atomic E-state index is -3.99. The van der Waals surface area contributed by atoms with Gasteiger partial charge in [0.15, 0.2) is 0 Å². The van der Waals surface area contributed by atoms with Gasteiger partial charge in [-0.25, -0.2) is 17.2 Å². The fourth-order valence-corrected chi connectivity index (χ4v) is 5.74. The van der Waals surface area contributed by atoms with Crippen LogP contribution in [0.15, 0.2) is 71.6 Å². The highest BCUT2D eigenvalue weighted by molar-refractivity contribution is 7.89. The summed E-state index contributed by atoms with van der Waals surface area (Å²) in [4.78, 5) is 1.76. The molecule has 0 bridgehead atoms. The Morgan fingerprint density at radius 3 is 2.23 bits per heavy atom. The number of hydrogen-bond donors (Lipinski definition) is 0. The number of aryl methyl sites for hydroxylation is 1. The highest BCUT2D eigenvalue weighted by Crippen LogP contribution is 2.25. The molecule has 186 valence electrons. The van der Waals surface area contributed by atoms with Crippen molar-refractivity contribution < 1.29 is 21.9 Å². The molecule has 1 aliphatic heterocycles. The van der Waals surface area contributed by atoms with E-state index >= 15 is 0 Å². The van der Waals surface area contributed by atoms with E-state index in [2.05, 4.69) is 11.0 Å². The Labute approximate surface area is 209 Å². The zero-order valence-electron chi connectivity index (χ0n) is 19.3. The monoisotopic (exact) mass is 520 g/mol. The molecule has 0 saturated carbocycles. The summed E-state index contributed by atoms with van der Waals surface area (Å²) in [5, 5.41) is 0.638. The zero-order valence-corrected chi connectivity index (χ0v) is 20.9. The highest BCUT2D eigenvalue weighted by atomic mass is 35.5. The Morgan fingerprint density at radius 2 is 1.60 bits per heavy atom. The van der Waals surface area contributed by atoms with Crippen molar-refractivity contribution in [2.75, 3.05) is 32.7 Å². The molecule has 1 heterocycles. The molecule has 3 aromatic carbocycles. The van der Waals surface area contributed by atoms with Crippen LogP contribution >= 0.6 is 11.6 Å². The Balaban J connectivity index is 1.43. The third-order valence-electron chi connectivity index (χ3n) is 6.00. The van der Waals surface area contributed by atoms with Crippen LogP contribution in [-0.4, -0.2) is 50.3 Å². The Hall–Kier alpha value is -2.36. The molecule has 4 rings (SSSR count). The third kappa shape index (κ3) is 6.65. The van der Waals surface area contributed by atoms with Gasteiger partial charge in [0.2, 0.25) is 10.0 Å². The minimum Gasteiger partial charge on any atom is -0.368 e. The first-order valence-corrected chi connectivity index (χ1v) is 13.1. The number of hydrogen-bond acceptors (Lipinski definition) is 4. The molecule has 1 saturated heterocycles. The van der Waals surface area contributed by atoms with E-state index in [1.165, 1.54) is 4.31 Å². The van der Waals surface area contributed by atoms with Crippen LogP contribution in [0.1, 0.15) is 22.8 Å². The molecular formula is C26H27ClF2N2O3S. The first-order chi connectivity index (χ1) is 16.7. The normalized spacial score (nSPS) is 16.3. The van der Waals surface area contributed by atoms with Crippen LogP contribution in [0.3, 0.4) is 0 Å². The van der Waals surface area contributed by atoms with Gasteiger partial charge in [0, 0.05) is 43.8 Å². The van der Waals surface area contributed by atoms with E-state index in [1.807, 2.05) is 49.4 Å². The molecule has 9 heteroatoms. The van der Waals surface area contributed by atoms with E-state index in [4.69, 9.17) is 16.3 Å². The number of sulfonamides is 1. The molecule has 0 aromatic heterocycles. The van der Waals surface area contributed by atoms with E-state index in [1.54, 1.807) is 0 Å². The van der Waals surface area contributed by atoms with E-state index in [-0.39, 0.29) is 24.1 Å². The molecule has 35 heavy (non-hydrogen) atoms. The van der Waals surface area contributed by atoms with Gasteiger partial charge < -0.3 is 4.74 Å². The van der Waals surface area contributed by atoms with Gasteiger partial charge in [-0.05, 0) is 42.3 Å². The van der Waals surface area contributed by atoms with Gasteiger partial charge in [-0.3, -0.25) is 4.90 Å². The molecule has 0 radical (unpaired) electrons. The smallest absolute Gasteiger partial charge is 0.243 e. The van der Waals surface area contributed by atoms with Crippen LogP contribution < -0.4 is 0 Å². The number of piperazine rings is 1. The average molecular weight is 521 g/mol. The van der Waals surface area contributed by atoms with Crippen LogP contribution in [0.25, 0.3) is 0 Å². The summed E-state index contributed by atoms with van der Waals surface area (Å²) < 4.78 is 60.5. The quantitative estimate of drug-likeness (QED) is 0.410. The van der Waals surface area contributed by atoms with Crippen molar-refractivity contribution >= 4 is 21.6 Å². The van der Waals surface area contributed by atoms with Crippen LogP contribution in [0.2, 0.25) is 5.02 Å². The molecule has 5 nitrogen and oxygen atoms in total. The number of ether oxygens (including phenoxy) is 1. The van der Waals surface area contributed by atoms with Crippen molar-refractivity contribution in [3.63, 3.8) is 0 Å². The van der Waals surface area contributed by atoms with E-state index in [0.717, 1.165) is 28.8 Å². The second kappa shape index (κ2) is 11.1. The first-order valence-electron chi connectivity index (χ1n) is 11.3. The van der Waals surface area contributed by atoms with Crippen LogP contribution in [0.5, 0.6) is 0 Å². The summed E-state index contributed by atoms with van der Waals surface area (Å²) in [6, 6.07) is 18.0. The first kappa shape index (κ1) is 25.7. The number of nitrogens with zero attached hydrogens (tertiary/aromatic N) is 2. The van der Waals surface area contributed by atoms with Gasteiger partial charge in [-0.1, -0.05) is 53.6 Å². The molecular weight excluding hydrogens is 494 g/mol. The Morgan fingerprint density at radius 1 is 0.943 bits per heavy atom. The van der Waals surface area contributed by atoms with E-state index < -0.39 is 21.7 Å². The van der Waals surface area contributed by atoms with Crippen LogP contribution in [0, 0.1) is 18.6 Å². The molecule has 1 fully saturated rings. The van der Waals surface area contributed by atoms with Gasteiger partial charge in [0.05, 0.1) is 17.6 Å². The predicted molar refractivity (Wildman–Crippen MR) is 132 cm³/mol. The largest absolute Gasteiger partial charge is 0.368 e. The van der Waals surface area contributed by atoms with Crippen LogP contribution in [0.4, 0.5) is 8.78 Å². The van der Waals surface area contributed by atoms with Gasteiger partial charge in [-0.15, -0.1) is 0 Å². The maximum atomic E-state index is 13.6. The number of benzene rings is 3. The van der Waals surface area contributed by atoms with E-state index in [0.29, 0.717) is 37.3 Å². The molecule has 1 unspecified atom stereocenters. The van der Waals surface area contributed by atoms with Crippen molar-refractivity contribution in [2.45, 2.75) is 24.5 Å². The zero-order chi connectivity index (χ0) is 25.0. The van der Waals surface area contributed by atoms with Crippen LogP contribution in [-0.2, 0) is 21.4 Å². The van der Waals surface area contributed by atoms with Crippen molar-refractivity contribution in [1.82, 2.24) is 9.21 Å². The SMILES string of the molecule is Cc1cccc(COC(CN2CCN(S(=O)(=O)c3cc(F)cc(F)c3)CC2)c2ccc(Cl)cc2)c1. The van der Waals surface area contributed by atoms with Gasteiger partial charge in [0.1, 0.15) is 11.6 Å². The molecule has 0 aliphatic carbocycles. The molecule has 0 spiro atoms. The predicted octanol–water partition coefficient (Wildman–Crippen LogP) is 5.19. The number of rotatable bonds is 8. The molecule has 0 amide bonds. The molecule has 0 N–H and O–H groups in total. The van der Waals surface area contributed by atoms with Crippen molar-refractivity contribution in [3.8, 4) is 0 Å². The highest BCUT2D eigenvalue weighted by Gasteiger charge is 2.30. The summed E-state index contributed by atoms with van der Waals surface area (Å²) in [6.45, 7) is 4.40. The minimum absolute atomic E-state index is 0.214. The maximum absolute atomic E-state index is 13.6. The lowest BCUT2D eigenvalue weighted by Gasteiger charge is -2.36. The van der Waals surface area contributed by atoms with Crippen molar-refractivity contribution in [1.29, 1.82) is 0 Å². The van der Waals surface area contributed by atoms with Crippen molar-refractivity contribution in [3.05, 3.63) is 100 Å². The Kier molecular flexibility index (Phi) is 8.19. The second-order valence-electron chi connectivity index (χ2n) is 8.65. The fourth-order valence-electron chi connectivity index (χ4n) is 4.14. The van der Waals surface area contributed by atoms with Gasteiger partial charge in [0.25, 0.3) is 0 Å². The van der Waals surface area contributed by atoms with Crippen molar-refractivity contribution in [2.24, 2.45) is 0 Å². The Bertz CT molecular complexity index is 1240. The second-order valence-corrected chi connectivity index (χ2v) is 11.0. The van der Waals surface area contributed by atoms with Gasteiger partial charge in [-0.2, -0.15) is 4.31 Å². The lowest BCUT2D eigenvalue weighted by Crippen LogP contribution is -2.49. The number of halogens is 3. The summed E-state index contributed by atoms with van der Waals surface area (Å²) >= 11 is 6.07. The molecule has 1 atom stereocenters. The third-order valence-corrected chi connectivity index (χ3v) is 8.13. The van der Waals surface area contributed by atoms with E-state index in [9.17, 15) is 17.2 Å². The fraction of sp³-hybridized carbons (Fsp3) is 0.308. The summed E-state index contributed by atoms with van der Waals surface area (Å²) in [5.74, 6) is -1.84. The lowest BCUT2D eigenvalue weighted by atomic mass is 10.1. The maximum Gasteiger partial charge on any atom is 0.243 e. The summed E-state index contributed by atoms with van der Waals surface area (Å²) in [6.07, 6.45) is -0.242. The van der Waals surface area contributed by atoms with Gasteiger partial charge >= 0.3 is 0 Å². The lowest BCUT2D eigenvalue weighted by molar-refractivity contribution is 0.00771. The molecule has 3 aromatic rings. The average Bonchev–Trinajstić information content (AvgIpc) is 2.82. The topological polar surface area (TPSA) is 49.9 Å². The molecule has 1 aliphatic rings.